The van der Waals surface area contributed by atoms with E-state index in [4.69, 9.17) is 9.47 Å². The summed E-state index contributed by atoms with van der Waals surface area (Å²) < 4.78 is 13.2. The molecule has 1 N–H and O–H groups in total. The number of morpholine rings is 1. The van der Waals surface area contributed by atoms with Gasteiger partial charge >= 0.3 is 0 Å². The molecule has 0 bridgehead atoms. The summed E-state index contributed by atoms with van der Waals surface area (Å²) in [4.78, 5) is 40.7. The Labute approximate surface area is 212 Å². The van der Waals surface area contributed by atoms with Crippen LogP contribution in [0, 0.1) is 0 Å². The molecule has 1 atom stereocenters. The summed E-state index contributed by atoms with van der Waals surface area (Å²) in [6, 6.07) is 12.7. The Morgan fingerprint density at radius 3 is 2.70 bits per heavy atom. The maximum atomic E-state index is 13.0. The smallest absolute Gasteiger partial charge is 0.255 e. The summed E-state index contributed by atoms with van der Waals surface area (Å²) in [5.74, 6) is -0.421. The molecule has 3 aromatic rings. The third-order valence-corrected chi connectivity index (χ3v) is 6.93. The zero-order chi connectivity index (χ0) is 25.4. The largest absolute Gasteiger partial charge is 0.487 e. The van der Waals surface area contributed by atoms with E-state index in [2.05, 4.69) is 32.7 Å². The maximum Gasteiger partial charge on any atom is 0.255 e. The zero-order valence-electron chi connectivity index (χ0n) is 20.1. The second-order valence-corrected chi connectivity index (χ2v) is 9.24. The molecule has 0 radical (unpaired) electrons. The fourth-order valence-electron chi connectivity index (χ4n) is 4.99. The first kappa shape index (κ1) is 23.2. The number of imide groups is 1. The molecule has 11 heteroatoms. The molecule has 0 spiro atoms. The molecule has 11 nitrogen and oxygen atoms in total. The van der Waals surface area contributed by atoms with Gasteiger partial charge in [0.25, 0.3) is 5.91 Å². The van der Waals surface area contributed by atoms with Gasteiger partial charge in [-0.05, 0) is 36.8 Å². The number of fused-ring (bicyclic) bond motifs is 1. The molecule has 1 unspecified atom stereocenters. The SMILES string of the molecule is O=C1CCC(N2Cc3c(OCc4cn(-c5cccc(N6CCOCC6)c5)nn4)cccc3C2=O)C(=O)N1. The van der Waals surface area contributed by atoms with Gasteiger partial charge in [0.05, 0.1) is 31.6 Å². The number of carbonyl (C=O) groups excluding carboxylic acids is 3. The van der Waals surface area contributed by atoms with Crippen molar-refractivity contribution in [2.24, 2.45) is 0 Å². The third-order valence-electron chi connectivity index (χ3n) is 6.93. The molecule has 2 fully saturated rings. The van der Waals surface area contributed by atoms with Crippen LogP contribution in [0.1, 0.15) is 34.5 Å². The molecule has 4 heterocycles. The van der Waals surface area contributed by atoms with E-state index < -0.39 is 11.9 Å². The number of nitrogens with one attached hydrogen (secondary N) is 1. The first-order chi connectivity index (χ1) is 18.1. The van der Waals surface area contributed by atoms with Gasteiger partial charge in [-0.2, -0.15) is 0 Å². The molecular weight excluding hydrogens is 476 g/mol. The first-order valence-corrected chi connectivity index (χ1v) is 12.3. The highest BCUT2D eigenvalue weighted by Gasteiger charge is 2.40. The van der Waals surface area contributed by atoms with Gasteiger partial charge < -0.3 is 19.3 Å². The van der Waals surface area contributed by atoms with Crippen LogP contribution in [-0.2, 0) is 27.5 Å². The van der Waals surface area contributed by atoms with E-state index in [-0.39, 0.29) is 31.4 Å². The minimum atomic E-state index is -0.668. The summed E-state index contributed by atoms with van der Waals surface area (Å²) in [5.41, 5.74) is 3.88. The monoisotopic (exact) mass is 502 g/mol. The van der Waals surface area contributed by atoms with Crippen molar-refractivity contribution in [1.82, 2.24) is 25.2 Å². The van der Waals surface area contributed by atoms with E-state index in [1.807, 2.05) is 18.3 Å². The molecule has 2 saturated heterocycles. The highest BCUT2D eigenvalue weighted by atomic mass is 16.5. The lowest BCUT2D eigenvalue weighted by molar-refractivity contribution is -0.136. The molecular formula is C26H26N6O5. The number of aromatic nitrogens is 3. The summed E-state index contributed by atoms with van der Waals surface area (Å²) in [5, 5.41) is 10.8. The molecule has 190 valence electrons. The topological polar surface area (TPSA) is 119 Å². The predicted molar refractivity (Wildman–Crippen MR) is 131 cm³/mol. The van der Waals surface area contributed by atoms with Crippen molar-refractivity contribution in [1.29, 1.82) is 0 Å². The van der Waals surface area contributed by atoms with Crippen LogP contribution in [0.3, 0.4) is 0 Å². The molecule has 37 heavy (non-hydrogen) atoms. The molecule has 3 amide bonds. The average Bonchev–Trinajstić information content (AvgIpc) is 3.53. The number of ether oxygens (including phenoxy) is 2. The van der Waals surface area contributed by atoms with E-state index in [1.54, 1.807) is 22.9 Å². The quantitative estimate of drug-likeness (QED) is 0.503. The van der Waals surface area contributed by atoms with Crippen molar-refractivity contribution in [3.63, 3.8) is 0 Å². The number of piperidine rings is 1. The van der Waals surface area contributed by atoms with Crippen molar-refractivity contribution >= 4 is 23.4 Å². The zero-order valence-corrected chi connectivity index (χ0v) is 20.1. The van der Waals surface area contributed by atoms with Crippen LogP contribution in [0.15, 0.2) is 48.7 Å². The third kappa shape index (κ3) is 4.53. The number of hydrogen-bond donors (Lipinski definition) is 1. The predicted octanol–water partition coefficient (Wildman–Crippen LogP) is 1.44. The maximum absolute atomic E-state index is 13.0. The Bertz CT molecular complexity index is 1360. The van der Waals surface area contributed by atoms with Gasteiger partial charge in [-0.1, -0.05) is 17.3 Å². The van der Waals surface area contributed by atoms with Gasteiger partial charge in [0.1, 0.15) is 24.1 Å². The molecule has 2 aromatic carbocycles. The Balaban J connectivity index is 1.15. The van der Waals surface area contributed by atoms with Crippen LogP contribution in [-0.4, -0.2) is 70.0 Å². The lowest BCUT2D eigenvalue weighted by Gasteiger charge is -2.29. The number of nitrogens with zero attached hydrogens (tertiary/aromatic N) is 5. The molecule has 1 aromatic heterocycles. The van der Waals surface area contributed by atoms with E-state index in [0.717, 1.165) is 43.2 Å². The number of amides is 3. The van der Waals surface area contributed by atoms with Crippen molar-refractivity contribution in [3.8, 4) is 11.4 Å². The van der Waals surface area contributed by atoms with Gasteiger partial charge in [-0.15, -0.1) is 5.10 Å². The van der Waals surface area contributed by atoms with E-state index in [1.165, 1.54) is 4.90 Å². The van der Waals surface area contributed by atoms with Crippen LogP contribution in [0.2, 0.25) is 0 Å². The standard InChI is InChI=1S/C26H26N6O5/c33-24-8-7-22(25(34)27-24)31-15-21-20(26(31)35)5-2-6-23(21)37-16-17-14-32(29-28-17)19-4-1-3-18(13-19)30-9-11-36-12-10-30/h1-6,13-14,22H,7-12,15-16H2,(H,27,33,34). The van der Waals surface area contributed by atoms with Crippen LogP contribution >= 0.6 is 0 Å². The molecule has 0 aliphatic carbocycles. The summed E-state index contributed by atoms with van der Waals surface area (Å²) in [6.45, 7) is 3.56. The Morgan fingerprint density at radius 1 is 1.05 bits per heavy atom. The van der Waals surface area contributed by atoms with Crippen molar-refractivity contribution in [2.75, 3.05) is 31.2 Å². The summed E-state index contributed by atoms with van der Waals surface area (Å²) in [6.07, 6.45) is 2.35. The lowest BCUT2D eigenvalue weighted by Crippen LogP contribution is -2.52. The summed E-state index contributed by atoms with van der Waals surface area (Å²) in [7, 11) is 0. The van der Waals surface area contributed by atoms with Crippen molar-refractivity contribution < 1.29 is 23.9 Å². The minimum Gasteiger partial charge on any atom is -0.487 e. The molecule has 3 aliphatic heterocycles. The van der Waals surface area contributed by atoms with Gasteiger partial charge in [0.15, 0.2) is 0 Å². The Kier molecular flexibility index (Phi) is 6.05. The number of anilines is 1. The number of benzene rings is 2. The second-order valence-electron chi connectivity index (χ2n) is 9.24. The lowest BCUT2D eigenvalue weighted by atomic mass is 10.0. The highest BCUT2D eigenvalue weighted by molar-refractivity contribution is 6.05. The second kappa shape index (κ2) is 9.66. The Morgan fingerprint density at radius 2 is 1.86 bits per heavy atom. The average molecular weight is 503 g/mol. The highest BCUT2D eigenvalue weighted by Crippen LogP contribution is 2.34. The van der Waals surface area contributed by atoms with Gasteiger partial charge in [0.2, 0.25) is 11.8 Å². The number of carbonyl (C=O) groups is 3. The summed E-state index contributed by atoms with van der Waals surface area (Å²) >= 11 is 0. The molecule has 6 rings (SSSR count). The van der Waals surface area contributed by atoms with Crippen LogP contribution in [0.4, 0.5) is 5.69 Å². The molecule has 0 saturated carbocycles. The van der Waals surface area contributed by atoms with Crippen molar-refractivity contribution in [2.45, 2.75) is 32.0 Å². The van der Waals surface area contributed by atoms with Gasteiger partial charge in [-0.3, -0.25) is 19.7 Å². The fourth-order valence-corrected chi connectivity index (χ4v) is 4.99. The minimum absolute atomic E-state index is 0.173. The number of rotatable bonds is 6. The van der Waals surface area contributed by atoms with Crippen LogP contribution in [0.5, 0.6) is 5.75 Å². The fraction of sp³-hybridized carbons (Fsp3) is 0.346. The van der Waals surface area contributed by atoms with E-state index in [0.29, 0.717) is 23.4 Å². The normalized spacial score (nSPS) is 19.7. The van der Waals surface area contributed by atoms with Crippen molar-refractivity contribution in [3.05, 3.63) is 65.5 Å². The number of hydrogen-bond acceptors (Lipinski definition) is 8. The van der Waals surface area contributed by atoms with Crippen LogP contribution < -0.4 is 15.0 Å². The Hall–Kier alpha value is -4.25. The van der Waals surface area contributed by atoms with E-state index >= 15 is 0 Å². The van der Waals surface area contributed by atoms with Gasteiger partial charge in [-0.25, -0.2) is 4.68 Å². The van der Waals surface area contributed by atoms with Gasteiger partial charge in [0, 0.05) is 36.3 Å². The first-order valence-electron chi connectivity index (χ1n) is 12.3. The molecule has 3 aliphatic rings. The van der Waals surface area contributed by atoms with E-state index in [9.17, 15) is 14.4 Å². The van der Waals surface area contributed by atoms with Crippen LogP contribution in [0.25, 0.3) is 5.69 Å².